The van der Waals surface area contributed by atoms with Crippen molar-refractivity contribution in [3.63, 3.8) is 0 Å². The van der Waals surface area contributed by atoms with Crippen molar-refractivity contribution in [1.29, 1.82) is 0 Å². The van der Waals surface area contributed by atoms with Gasteiger partial charge in [0, 0.05) is 36.2 Å². The number of piperazine rings is 1. The minimum Gasteiger partial charge on any atom is -0.312 e. The largest absolute Gasteiger partial charge is 0.312 e. The number of benzene rings is 1. The van der Waals surface area contributed by atoms with Crippen LogP contribution in [-0.4, -0.2) is 43.3 Å². The summed E-state index contributed by atoms with van der Waals surface area (Å²) < 4.78 is 26.9. The molecule has 1 aromatic carbocycles. The number of rotatable bonds is 3. The van der Waals surface area contributed by atoms with Crippen LogP contribution >= 0.6 is 28.3 Å². The number of nitro benzene ring substituents is 1. The number of nitro groups is 1. The van der Waals surface area contributed by atoms with Crippen LogP contribution in [0, 0.1) is 10.1 Å². The second-order valence-electron chi connectivity index (χ2n) is 4.59. The highest BCUT2D eigenvalue weighted by Gasteiger charge is 2.33. The molecule has 0 amide bonds. The molecule has 1 aliphatic rings. The Morgan fingerprint density at radius 2 is 2.14 bits per heavy atom. The summed E-state index contributed by atoms with van der Waals surface area (Å²) in [5, 5.41) is 14.2. The Balaban J connectivity index is 0.00000220. The van der Waals surface area contributed by atoms with E-state index < -0.39 is 20.6 Å². The summed E-state index contributed by atoms with van der Waals surface area (Å²) in [6.45, 7) is 3.00. The molecule has 0 spiro atoms. The Morgan fingerprint density at radius 1 is 1.48 bits per heavy atom. The summed E-state index contributed by atoms with van der Waals surface area (Å²) in [6.07, 6.45) is 0. The molecule has 0 aromatic heterocycles. The molecule has 0 radical (unpaired) electrons. The quantitative estimate of drug-likeness (QED) is 0.616. The maximum Gasteiger partial charge on any atom is 0.289 e. The van der Waals surface area contributed by atoms with E-state index in [9.17, 15) is 18.5 Å². The number of sulfonamides is 1. The molecule has 1 aliphatic heterocycles. The van der Waals surface area contributed by atoms with Crippen LogP contribution in [0.5, 0.6) is 0 Å². The Labute approximate surface area is 137 Å². The monoisotopic (exact) mass is 399 g/mol. The third-order valence-electron chi connectivity index (χ3n) is 3.07. The third-order valence-corrected chi connectivity index (χ3v) is 5.46. The highest BCUT2D eigenvalue weighted by Crippen LogP contribution is 2.30. The van der Waals surface area contributed by atoms with E-state index in [0.717, 1.165) is 0 Å². The number of hydrogen-bond donors (Lipinski definition) is 1. The summed E-state index contributed by atoms with van der Waals surface area (Å²) in [6, 6.07) is 3.95. The van der Waals surface area contributed by atoms with Gasteiger partial charge in [-0.25, -0.2) is 8.42 Å². The van der Waals surface area contributed by atoms with Crippen molar-refractivity contribution >= 4 is 44.0 Å². The van der Waals surface area contributed by atoms with Gasteiger partial charge in [0.15, 0.2) is 4.90 Å². The molecule has 1 fully saturated rings. The highest BCUT2D eigenvalue weighted by molar-refractivity contribution is 9.10. The van der Waals surface area contributed by atoms with Crippen molar-refractivity contribution < 1.29 is 13.3 Å². The molecule has 0 saturated carbocycles. The predicted octanol–water partition coefficient (Wildman–Crippen LogP) is 1.76. The van der Waals surface area contributed by atoms with Crippen LogP contribution in [0.2, 0.25) is 0 Å². The van der Waals surface area contributed by atoms with Crippen LogP contribution in [-0.2, 0) is 10.0 Å². The normalized spacial score (nSPS) is 19.8. The number of hydrogen-bond acceptors (Lipinski definition) is 5. The fourth-order valence-electron chi connectivity index (χ4n) is 2.10. The van der Waals surface area contributed by atoms with Gasteiger partial charge in [-0.15, -0.1) is 12.4 Å². The predicted molar refractivity (Wildman–Crippen MR) is 84.3 cm³/mol. The Morgan fingerprint density at radius 3 is 2.71 bits per heavy atom. The first-order valence-corrected chi connectivity index (χ1v) is 8.23. The molecule has 1 saturated heterocycles. The minimum absolute atomic E-state index is 0. The van der Waals surface area contributed by atoms with Gasteiger partial charge >= 0.3 is 0 Å². The fraction of sp³-hybridized carbons (Fsp3) is 0.455. The standard InChI is InChI=1S/C11H14BrN3O4S.ClH/c1-8-7-14(5-4-13-8)20(18,19)11-6-9(12)2-3-10(11)15(16)17;/h2-3,6,8,13H,4-5,7H2,1H3;1H. The van der Waals surface area contributed by atoms with E-state index in [4.69, 9.17) is 0 Å². The van der Waals surface area contributed by atoms with E-state index in [0.29, 0.717) is 24.1 Å². The van der Waals surface area contributed by atoms with Crippen molar-refractivity contribution in [2.45, 2.75) is 17.9 Å². The van der Waals surface area contributed by atoms with Crippen LogP contribution in [0.3, 0.4) is 0 Å². The first kappa shape index (κ1) is 18.3. The Bertz CT molecular complexity index is 640. The van der Waals surface area contributed by atoms with E-state index in [-0.39, 0.29) is 23.3 Å². The van der Waals surface area contributed by atoms with Crippen molar-refractivity contribution in [3.05, 3.63) is 32.8 Å². The maximum atomic E-state index is 12.6. The molecule has 7 nitrogen and oxygen atoms in total. The smallest absolute Gasteiger partial charge is 0.289 e. The molecule has 1 heterocycles. The lowest BCUT2D eigenvalue weighted by Gasteiger charge is -2.30. The Kier molecular flexibility index (Phi) is 6.11. The zero-order valence-corrected chi connectivity index (χ0v) is 14.4. The minimum atomic E-state index is -3.87. The lowest BCUT2D eigenvalue weighted by atomic mass is 10.3. The number of halogens is 2. The van der Waals surface area contributed by atoms with Gasteiger partial charge < -0.3 is 5.32 Å². The zero-order chi connectivity index (χ0) is 14.9. The van der Waals surface area contributed by atoms with Crippen molar-refractivity contribution in [2.75, 3.05) is 19.6 Å². The van der Waals surface area contributed by atoms with Crippen molar-refractivity contribution in [3.8, 4) is 0 Å². The van der Waals surface area contributed by atoms with E-state index in [1.807, 2.05) is 6.92 Å². The summed E-state index contributed by atoms with van der Waals surface area (Å²) in [7, 11) is -3.87. The lowest BCUT2D eigenvalue weighted by molar-refractivity contribution is -0.387. The van der Waals surface area contributed by atoms with E-state index in [1.165, 1.54) is 22.5 Å². The Hall–Kier alpha value is -0.740. The van der Waals surface area contributed by atoms with E-state index >= 15 is 0 Å². The van der Waals surface area contributed by atoms with Crippen LogP contribution < -0.4 is 5.32 Å². The van der Waals surface area contributed by atoms with Gasteiger partial charge in [-0.05, 0) is 19.1 Å². The maximum absolute atomic E-state index is 12.6. The molecule has 21 heavy (non-hydrogen) atoms. The molecule has 2 rings (SSSR count). The molecular formula is C11H15BrClN3O4S. The molecule has 1 aromatic rings. The molecule has 0 bridgehead atoms. The van der Waals surface area contributed by atoms with Gasteiger partial charge in [0.1, 0.15) is 0 Å². The van der Waals surface area contributed by atoms with E-state index in [1.54, 1.807) is 0 Å². The van der Waals surface area contributed by atoms with Crippen LogP contribution in [0.15, 0.2) is 27.6 Å². The van der Waals surface area contributed by atoms with Gasteiger partial charge in [0.2, 0.25) is 10.0 Å². The van der Waals surface area contributed by atoms with Crippen LogP contribution in [0.25, 0.3) is 0 Å². The first-order chi connectivity index (χ1) is 9.32. The fourth-order valence-corrected chi connectivity index (χ4v) is 4.32. The second kappa shape index (κ2) is 7.01. The average molecular weight is 401 g/mol. The van der Waals surface area contributed by atoms with Gasteiger partial charge in [-0.1, -0.05) is 15.9 Å². The van der Waals surface area contributed by atoms with Gasteiger partial charge in [-0.3, -0.25) is 10.1 Å². The average Bonchev–Trinajstić information content (AvgIpc) is 2.38. The highest BCUT2D eigenvalue weighted by atomic mass is 79.9. The topological polar surface area (TPSA) is 92.5 Å². The summed E-state index contributed by atoms with van der Waals surface area (Å²) in [4.78, 5) is 10.1. The molecule has 118 valence electrons. The number of nitrogens with one attached hydrogen (secondary N) is 1. The van der Waals surface area contributed by atoms with Gasteiger partial charge in [0.25, 0.3) is 5.69 Å². The molecular weight excluding hydrogens is 386 g/mol. The van der Waals surface area contributed by atoms with Crippen molar-refractivity contribution in [2.24, 2.45) is 0 Å². The molecule has 1 atom stereocenters. The molecule has 1 N–H and O–H groups in total. The lowest BCUT2D eigenvalue weighted by Crippen LogP contribution is -2.51. The van der Waals surface area contributed by atoms with Crippen LogP contribution in [0.1, 0.15) is 6.92 Å². The van der Waals surface area contributed by atoms with E-state index in [2.05, 4.69) is 21.2 Å². The molecule has 1 unspecified atom stereocenters. The summed E-state index contributed by atoms with van der Waals surface area (Å²) in [5.41, 5.74) is -0.403. The number of nitrogens with zero attached hydrogens (tertiary/aromatic N) is 2. The van der Waals surface area contributed by atoms with Crippen molar-refractivity contribution in [1.82, 2.24) is 9.62 Å². The summed E-state index contributed by atoms with van der Waals surface area (Å²) >= 11 is 3.16. The SMILES string of the molecule is CC1CN(S(=O)(=O)c2cc(Br)ccc2[N+](=O)[O-])CCN1.Cl. The zero-order valence-electron chi connectivity index (χ0n) is 11.2. The molecule has 10 heteroatoms. The first-order valence-electron chi connectivity index (χ1n) is 6.00. The third kappa shape index (κ3) is 3.92. The van der Waals surface area contributed by atoms with Gasteiger partial charge in [-0.2, -0.15) is 4.31 Å². The van der Waals surface area contributed by atoms with Gasteiger partial charge in [0.05, 0.1) is 4.92 Å². The summed E-state index contributed by atoms with van der Waals surface area (Å²) in [5.74, 6) is 0. The molecule has 0 aliphatic carbocycles. The second-order valence-corrected chi connectivity index (χ2v) is 7.41. The van der Waals surface area contributed by atoms with Crippen LogP contribution in [0.4, 0.5) is 5.69 Å².